The molecule has 2 N–H and O–H groups in total. The molecule has 0 aliphatic heterocycles. The predicted molar refractivity (Wildman–Crippen MR) is 158 cm³/mol. The Morgan fingerprint density at radius 2 is 1.80 bits per heavy atom. The van der Waals surface area contributed by atoms with Crippen molar-refractivity contribution in [1.29, 1.82) is 0 Å². The van der Waals surface area contributed by atoms with E-state index in [2.05, 4.69) is 34.7 Å². The maximum Gasteiger partial charge on any atom is 0.338 e. The number of amides is 2. The van der Waals surface area contributed by atoms with E-state index < -0.39 is 12.0 Å². The number of ether oxygens (including phenoxy) is 1. The molecule has 0 fully saturated rings. The number of hydrogen-bond donors (Lipinski definition) is 2. The predicted octanol–water partition coefficient (Wildman–Crippen LogP) is 6.42. The van der Waals surface area contributed by atoms with Crippen LogP contribution in [-0.4, -0.2) is 44.4 Å². The van der Waals surface area contributed by atoms with Gasteiger partial charge in [0.15, 0.2) is 11.0 Å². The van der Waals surface area contributed by atoms with Gasteiger partial charge < -0.3 is 19.9 Å². The van der Waals surface area contributed by atoms with Gasteiger partial charge in [0.2, 0.25) is 5.91 Å². The van der Waals surface area contributed by atoms with E-state index in [1.807, 2.05) is 11.5 Å². The first-order chi connectivity index (χ1) is 19.0. The van der Waals surface area contributed by atoms with Crippen LogP contribution in [0, 0.1) is 5.92 Å². The van der Waals surface area contributed by atoms with E-state index in [1.54, 1.807) is 50.2 Å². The van der Waals surface area contributed by atoms with Gasteiger partial charge in [0.1, 0.15) is 0 Å². The minimum atomic E-state index is -0.453. The number of hydrogen-bond acceptors (Lipinski definition) is 7. The number of benzene rings is 2. The minimum Gasteiger partial charge on any atom is -0.459 e. The Bertz CT molecular complexity index is 1360. The molecule has 40 heavy (non-hydrogen) atoms. The van der Waals surface area contributed by atoms with Crippen LogP contribution in [0.2, 0.25) is 10.0 Å². The number of anilines is 1. The first-order valence-electron chi connectivity index (χ1n) is 12.9. The van der Waals surface area contributed by atoms with Crippen molar-refractivity contribution in [2.24, 2.45) is 5.92 Å². The zero-order chi connectivity index (χ0) is 29.4. The van der Waals surface area contributed by atoms with Crippen LogP contribution >= 0.6 is 35.0 Å². The summed E-state index contributed by atoms with van der Waals surface area (Å²) in [7, 11) is 0. The molecule has 1 atom stereocenters. The molecule has 0 saturated carbocycles. The molecule has 3 rings (SSSR count). The molecule has 0 bridgehead atoms. The summed E-state index contributed by atoms with van der Waals surface area (Å²) in [6, 6.07) is 10.9. The van der Waals surface area contributed by atoms with E-state index in [0.29, 0.717) is 45.8 Å². The Balaban J connectivity index is 1.71. The van der Waals surface area contributed by atoms with E-state index in [0.717, 1.165) is 0 Å². The van der Waals surface area contributed by atoms with Gasteiger partial charge in [0.25, 0.3) is 5.91 Å². The average molecular weight is 607 g/mol. The molecule has 1 aromatic heterocycles. The second kappa shape index (κ2) is 14.5. The Morgan fingerprint density at radius 1 is 1.05 bits per heavy atom. The number of esters is 1. The van der Waals surface area contributed by atoms with Crippen molar-refractivity contribution in [3.8, 4) is 0 Å². The molecule has 0 aliphatic carbocycles. The summed E-state index contributed by atoms with van der Waals surface area (Å²) >= 11 is 13.5. The summed E-state index contributed by atoms with van der Waals surface area (Å²) in [4.78, 5) is 38.0. The standard InChI is InChI=1S/C28H33Cl2N5O4S/c1-6-35-25(23(12-16(2)3)32-26(37)21-11-10-19(29)14-22(21)30)33-34-28(35)40-15-24(36)31-20-9-7-8-18(13-20)27(38)39-17(4)5/h7-11,13-14,16-17,23H,6,12,15H2,1-5H3,(H,31,36)(H,32,37)/t23-/m0/s1. The number of thioether (sulfide) groups is 1. The number of rotatable bonds is 12. The molecular formula is C28H33Cl2N5O4S. The normalized spacial score (nSPS) is 11.9. The fourth-order valence-corrected chi connectivity index (χ4v) is 5.21. The summed E-state index contributed by atoms with van der Waals surface area (Å²) in [5.74, 6) is -0.148. The van der Waals surface area contributed by atoms with Crippen molar-refractivity contribution in [3.05, 3.63) is 69.5 Å². The Kier molecular flexibility index (Phi) is 11.4. The third-order valence-corrected chi connectivity index (χ3v) is 7.13. The van der Waals surface area contributed by atoms with Crippen LogP contribution in [0.25, 0.3) is 0 Å². The number of aromatic nitrogens is 3. The van der Waals surface area contributed by atoms with E-state index in [1.165, 1.54) is 17.8 Å². The third-order valence-electron chi connectivity index (χ3n) is 5.62. The topological polar surface area (TPSA) is 115 Å². The maximum absolute atomic E-state index is 13.1. The van der Waals surface area contributed by atoms with Crippen LogP contribution in [0.5, 0.6) is 0 Å². The number of carbonyl (C=O) groups excluding carboxylic acids is 3. The van der Waals surface area contributed by atoms with Crippen molar-refractivity contribution in [2.75, 3.05) is 11.1 Å². The van der Waals surface area contributed by atoms with Crippen molar-refractivity contribution in [2.45, 2.75) is 64.9 Å². The summed E-state index contributed by atoms with van der Waals surface area (Å²) in [6.45, 7) is 10.1. The Hall–Kier alpha value is -3.08. The Labute approximate surface area is 248 Å². The maximum atomic E-state index is 13.1. The molecule has 1 heterocycles. The molecule has 12 heteroatoms. The van der Waals surface area contributed by atoms with Gasteiger partial charge in [0.05, 0.1) is 34.0 Å². The summed E-state index contributed by atoms with van der Waals surface area (Å²) in [6.07, 6.45) is 0.377. The molecule has 0 radical (unpaired) electrons. The quantitative estimate of drug-likeness (QED) is 0.181. The summed E-state index contributed by atoms with van der Waals surface area (Å²) in [5, 5.41) is 15.8. The molecule has 0 aliphatic rings. The second-order valence-corrected chi connectivity index (χ2v) is 11.5. The molecule has 0 saturated heterocycles. The summed E-state index contributed by atoms with van der Waals surface area (Å²) < 4.78 is 7.11. The molecule has 2 amide bonds. The van der Waals surface area contributed by atoms with E-state index in [9.17, 15) is 14.4 Å². The molecule has 214 valence electrons. The van der Waals surface area contributed by atoms with Crippen molar-refractivity contribution in [1.82, 2.24) is 20.1 Å². The van der Waals surface area contributed by atoms with Crippen molar-refractivity contribution in [3.63, 3.8) is 0 Å². The SMILES string of the molecule is CCn1c(SCC(=O)Nc2cccc(C(=O)OC(C)C)c2)nnc1[C@H](CC(C)C)NC(=O)c1ccc(Cl)cc1Cl. The van der Waals surface area contributed by atoms with Crippen LogP contribution < -0.4 is 10.6 Å². The van der Waals surface area contributed by atoms with Crippen LogP contribution in [0.4, 0.5) is 5.69 Å². The molecule has 0 unspecified atom stereocenters. The lowest BCUT2D eigenvalue weighted by molar-refractivity contribution is -0.113. The first kappa shape index (κ1) is 31.4. The number of halogens is 2. The van der Waals surface area contributed by atoms with Gasteiger partial charge in [-0.3, -0.25) is 9.59 Å². The van der Waals surface area contributed by atoms with Crippen LogP contribution in [0.15, 0.2) is 47.6 Å². The van der Waals surface area contributed by atoms with Gasteiger partial charge in [-0.2, -0.15) is 0 Å². The average Bonchev–Trinajstić information content (AvgIpc) is 3.29. The van der Waals surface area contributed by atoms with Crippen LogP contribution in [0.3, 0.4) is 0 Å². The first-order valence-corrected chi connectivity index (χ1v) is 14.6. The number of carbonyl (C=O) groups is 3. The fraction of sp³-hybridized carbons (Fsp3) is 0.393. The molecule has 9 nitrogen and oxygen atoms in total. The summed E-state index contributed by atoms with van der Waals surface area (Å²) in [5.41, 5.74) is 1.16. The fourth-order valence-electron chi connectivity index (χ4n) is 3.90. The highest BCUT2D eigenvalue weighted by atomic mass is 35.5. The van der Waals surface area contributed by atoms with Gasteiger partial charge in [-0.05, 0) is 69.5 Å². The zero-order valence-corrected chi connectivity index (χ0v) is 25.4. The highest BCUT2D eigenvalue weighted by Gasteiger charge is 2.25. The number of nitrogens with zero attached hydrogens (tertiary/aromatic N) is 3. The smallest absolute Gasteiger partial charge is 0.338 e. The zero-order valence-electron chi connectivity index (χ0n) is 23.0. The highest BCUT2D eigenvalue weighted by molar-refractivity contribution is 7.99. The van der Waals surface area contributed by atoms with Crippen molar-refractivity contribution < 1.29 is 19.1 Å². The molecule has 3 aromatic rings. The lowest BCUT2D eigenvalue weighted by Gasteiger charge is -2.21. The van der Waals surface area contributed by atoms with E-state index >= 15 is 0 Å². The largest absolute Gasteiger partial charge is 0.459 e. The van der Waals surface area contributed by atoms with Gasteiger partial charge in [0, 0.05) is 17.3 Å². The molecule has 0 spiro atoms. The monoisotopic (exact) mass is 605 g/mol. The van der Waals surface area contributed by atoms with Gasteiger partial charge >= 0.3 is 5.97 Å². The van der Waals surface area contributed by atoms with Gasteiger partial charge in [-0.1, -0.05) is 54.9 Å². The lowest BCUT2D eigenvalue weighted by Crippen LogP contribution is -2.32. The lowest BCUT2D eigenvalue weighted by atomic mass is 10.0. The van der Waals surface area contributed by atoms with Crippen molar-refractivity contribution >= 4 is 58.4 Å². The van der Waals surface area contributed by atoms with Crippen LogP contribution in [-0.2, 0) is 16.1 Å². The minimum absolute atomic E-state index is 0.0698. The molecule has 2 aromatic carbocycles. The number of nitrogens with one attached hydrogen (secondary N) is 2. The van der Waals surface area contributed by atoms with Gasteiger partial charge in [-0.25, -0.2) is 4.79 Å². The molecular weight excluding hydrogens is 573 g/mol. The van der Waals surface area contributed by atoms with E-state index in [-0.39, 0.29) is 34.6 Å². The van der Waals surface area contributed by atoms with Crippen LogP contribution in [0.1, 0.15) is 73.6 Å². The van der Waals surface area contributed by atoms with Gasteiger partial charge in [-0.15, -0.1) is 10.2 Å². The Morgan fingerprint density at radius 3 is 2.45 bits per heavy atom. The third kappa shape index (κ3) is 8.71. The highest BCUT2D eigenvalue weighted by Crippen LogP contribution is 2.27. The second-order valence-electron chi connectivity index (χ2n) is 9.74. The van der Waals surface area contributed by atoms with E-state index in [4.69, 9.17) is 27.9 Å².